The van der Waals surface area contributed by atoms with Crippen LogP contribution in [0.15, 0.2) is 17.3 Å². The van der Waals surface area contributed by atoms with E-state index in [-0.39, 0.29) is 4.90 Å². The molecule has 0 bridgehead atoms. The zero-order valence-electron chi connectivity index (χ0n) is 8.19. The average Bonchev–Trinajstić information content (AvgIpc) is 2.16. The summed E-state index contributed by atoms with van der Waals surface area (Å²) in [7, 11) is -3.41. The summed E-state index contributed by atoms with van der Waals surface area (Å²) < 4.78 is 25.5. The number of aryl methyl sites for hydroxylation is 1. The second-order valence-electron chi connectivity index (χ2n) is 2.86. The number of sulfonamides is 1. The van der Waals surface area contributed by atoms with E-state index in [1.54, 1.807) is 6.92 Å². The highest BCUT2D eigenvalue weighted by Gasteiger charge is 2.13. The summed E-state index contributed by atoms with van der Waals surface area (Å²) in [6.07, 6.45) is 3.37. The molecular formula is C8H13N3O2S. The van der Waals surface area contributed by atoms with Gasteiger partial charge < -0.3 is 0 Å². The molecule has 0 aliphatic heterocycles. The molecule has 0 saturated carbocycles. The van der Waals surface area contributed by atoms with E-state index in [4.69, 9.17) is 0 Å². The highest BCUT2D eigenvalue weighted by Crippen LogP contribution is 2.04. The molecule has 0 atom stereocenters. The van der Waals surface area contributed by atoms with Crippen molar-refractivity contribution in [3.05, 3.63) is 18.2 Å². The molecule has 0 radical (unpaired) electrons. The van der Waals surface area contributed by atoms with Gasteiger partial charge in [-0.3, -0.25) is 0 Å². The van der Waals surface area contributed by atoms with Gasteiger partial charge in [0.2, 0.25) is 10.0 Å². The molecule has 0 saturated heterocycles. The molecule has 1 aromatic heterocycles. The minimum Gasteiger partial charge on any atom is -0.240 e. The number of hydrogen-bond acceptors (Lipinski definition) is 4. The Bertz CT molecular complexity index is 386. The molecule has 0 amide bonds. The lowest BCUT2D eigenvalue weighted by Gasteiger charge is -2.04. The van der Waals surface area contributed by atoms with E-state index in [2.05, 4.69) is 14.7 Å². The minimum atomic E-state index is -3.41. The van der Waals surface area contributed by atoms with Crippen LogP contribution in [0.3, 0.4) is 0 Å². The number of nitrogens with one attached hydrogen (secondary N) is 1. The monoisotopic (exact) mass is 215 g/mol. The molecule has 0 fully saturated rings. The SMILES string of the molecule is CCCNS(=O)(=O)c1cnc(C)nc1. The maximum Gasteiger partial charge on any atom is 0.243 e. The first-order valence-corrected chi connectivity index (χ1v) is 5.83. The fourth-order valence-corrected chi connectivity index (χ4v) is 1.86. The van der Waals surface area contributed by atoms with Crippen molar-refractivity contribution in [3.63, 3.8) is 0 Å². The number of aromatic nitrogens is 2. The fourth-order valence-electron chi connectivity index (χ4n) is 0.839. The molecule has 78 valence electrons. The molecule has 1 heterocycles. The summed E-state index contributed by atoms with van der Waals surface area (Å²) in [6.45, 7) is 4.03. The zero-order valence-corrected chi connectivity index (χ0v) is 9.00. The molecular weight excluding hydrogens is 202 g/mol. The van der Waals surface area contributed by atoms with Crippen molar-refractivity contribution in [2.75, 3.05) is 6.54 Å². The number of hydrogen-bond donors (Lipinski definition) is 1. The van der Waals surface area contributed by atoms with Crippen LogP contribution in [0.4, 0.5) is 0 Å². The molecule has 1 rings (SSSR count). The summed E-state index contributed by atoms with van der Waals surface area (Å²) in [4.78, 5) is 7.75. The van der Waals surface area contributed by atoms with Crippen LogP contribution in [0.25, 0.3) is 0 Å². The number of nitrogens with zero attached hydrogens (tertiary/aromatic N) is 2. The van der Waals surface area contributed by atoms with Crippen LogP contribution in [0, 0.1) is 6.92 Å². The van der Waals surface area contributed by atoms with E-state index in [9.17, 15) is 8.42 Å². The van der Waals surface area contributed by atoms with Crippen LogP contribution >= 0.6 is 0 Å². The van der Waals surface area contributed by atoms with Gasteiger partial charge in [0.1, 0.15) is 10.7 Å². The first-order chi connectivity index (χ1) is 6.56. The van der Waals surface area contributed by atoms with Crippen LogP contribution in [0.1, 0.15) is 19.2 Å². The molecule has 1 N–H and O–H groups in total. The molecule has 0 aromatic carbocycles. The van der Waals surface area contributed by atoms with Crippen LogP contribution < -0.4 is 4.72 Å². The lowest BCUT2D eigenvalue weighted by Crippen LogP contribution is -2.24. The van der Waals surface area contributed by atoms with Gasteiger partial charge in [-0.2, -0.15) is 0 Å². The highest BCUT2D eigenvalue weighted by molar-refractivity contribution is 7.89. The van der Waals surface area contributed by atoms with E-state index >= 15 is 0 Å². The second kappa shape index (κ2) is 4.47. The lowest BCUT2D eigenvalue weighted by atomic mass is 10.5. The van der Waals surface area contributed by atoms with E-state index in [1.807, 2.05) is 6.92 Å². The van der Waals surface area contributed by atoms with Crippen LogP contribution in [0.2, 0.25) is 0 Å². The van der Waals surface area contributed by atoms with Gasteiger partial charge >= 0.3 is 0 Å². The molecule has 14 heavy (non-hydrogen) atoms. The molecule has 0 unspecified atom stereocenters. The largest absolute Gasteiger partial charge is 0.243 e. The van der Waals surface area contributed by atoms with Gasteiger partial charge in [0.25, 0.3) is 0 Å². The predicted octanol–water partition coefficient (Wildman–Crippen LogP) is 0.473. The molecule has 1 aromatic rings. The van der Waals surface area contributed by atoms with E-state index in [1.165, 1.54) is 12.4 Å². The van der Waals surface area contributed by atoms with Crippen molar-refractivity contribution in [2.24, 2.45) is 0 Å². The minimum absolute atomic E-state index is 0.108. The maximum absolute atomic E-state index is 11.5. The summed E-state index contributed by atoms with van der Waals surface area (Å²) >= 11 is 0. The van der Waals surface area contributed by atoms with Gasteiger partial charge in [0, 0.05) is 6.54 Å². The van der Waals surface area contributed by atoms with Gasteiger partial charge in [-0.15, -0.1) is 0 Å². The predicted molar refractivity (Wildman–Crippen MR) is 52.2 cm³/mol. The molecule has 0 spiro atoms. The Labute approximate surface area is 83.6 Å². The smallest absolute Gasteiger partial charge is 0.240 e. The quantitative estimate of drug-likeness (QED) is 0.792. The normalized spacial score (nSPS) is 11.6. The van der Waals surface area contributed by atoms with Gasteiger partial charge in [-0.25, -0.2) is 23.1 Å². The third kappa shape index (κ3) is 2.74. The fraction of sp³-hybridized carbons (Fsp3) is 0.500. The molecule has 6 heteroatoms. The van der Waals surface area contributed by atoms with Crippen molar-refractivity contribution < 1.29 is 8.42 Å². The molecule has 5 nitrogen and oxygen atoms in total. The summed E-state index contributed by atoms with van der Waals surface area (Å²) in [5.74, 6) is 0.555. The van der Waals surface area contributed by atoms with Crippen molar-refractivity contribution in [2.45, 2.75) is 25.2 Å². The van der Waals surface area contributed by atoms with Gasteiger partial charge in [-0.1, -0.05) is 6.92 Å². The second-order valence-corrected chi connectivity index (χ2v) is 4.63. The summed E-state index contributed by atoms with van der Waals surface area (Å²) in [5.41, 5.74) is 0. The van der Waals surface area contributed by atoms with Crippen molar-refractivity contribution in [1.82, 2.24) is 14.7 Å². The Morgan fingerprint density at radius 2 is 1.93 bits per heavy atom. The topological polar surface area (TPSA) is 72.0 Å². The van der Waals surface area contributed by atoms with Crippen molar-refractivity contribution in [1.29, 1.82) is 0 Å². The van der Waals surface area contributed by atoms with Crippen molar-refractivity contribution >= 4 is 10.0 Å². The Kier molecular flexibility index (Phi) is 3.54. The van der Waals surface area contributed by atoms with Crippen LogP contribution in [-0.4, -0.2) is 24.9 Å². The zero-order chi connectivity index (χ0) is 10.6. The van der Waals surface area contributed by atoms with Gasteiger partial charge in [0.15, 0.2) is 0 Å². The Balaban J connectivity index is 2.87. The third-order valence-electron chi connectivity index (χ3n) is 1.61. The summed E-state index contributed by atoms with van der Waals surface area (Å²) in [5, 5.41) is 0. The highest BCUT2D eigenvalue weighted by atomic mass is 32.2. The average molecular weight is 215 g/mol. The summed E-state index contributed by atoms with van der Waals surface area (Å²) in [6, 6.07) is 0. The van der Waals surface area contributed by atoms with Gasteiger partial charge in [0.05, 0.1) is 12.4 Å². The van der Waals surface area contributed by atoms with Crippen LogP contribution in [0.5, 0.6) is 0 Å². The molecule has 0 aliphatic carbocycles. The van der Waals surface area contributed by atoms with E-state index in [0.717, 1.165) is 6.42 Å². The van der Waals surface area contributed by atoms with E-state index in [0.29, 0.717) is 12.4 Å². The Morgan fingerprint density at radius 1 is 1.36 bits per heavy atom. The maximum atomic E-state index is 11.5. The van der Waals surface area contributed by atoms with Crippen molar-refractivity contribution in [3.8, 4) is 0 Å². The lowest BCUT2D eigenvalue weighted by molar-refractivity contribution is 0.579. The van der Waals surface area contributed by atoms with E-state index < -0.39 is 10.0 Å². The Morgan fingerprint density at radius 3 is 2.43 bits per heavy atom. The molecule has 0 aliphatic rings. The van der Waals surface area contributed by atoms with Gasteiger partial charge in [-0.05, 0) is 13.3 Å². The Hall–Kier alpha value is -1.01. The third-order valence-corrected chi connectivity index (χ3v) is 3.03. The standard InChI is InChI=1S/C8H13N3O2S/c1-3-4-11-14(12,13)8-5-9-7(2)10-6-8/h5-6,11H,3-4H2,1-2H3. The number of rotatable bonds is 4. The van der Waals surface area contributed by atoms with Crippen LogP contribution in [-0.2, 0) is 10.0 Å². The first-order valence-electron chi connectivity index (χ1n) is 4.34. The first kappa shape index (κ1) is 11.1.